The van der Waals surface area contributed by atoms with Crippen molar-refractivity contribution in [2.45, 2.75) is 116 Å². The Morgan fingerprint density at radius 2 is 1.44 bits per heavy atom. The van der Waals surface area contributed by atoms with Gasteiger partial charge in [-0.25, -0.2) is 4.98 Å². The predicted molar refractivity (Wildman–Crippen MR) is 230 cm³/mol. The standard InChI is InChI=1S/C31H30N3S.C17H32O2.Ir/c1-18-20(15-30(2,3)4)9-11-24-27-29(35-28(18)24)26(33-17-34-27)22-13-21-12-19(16-32)8-10-23(21)25(14-22)31(5,6)7;1-10(2)16(11(3)4)14(18)9-15(19)17(12(5)6)13(7)8;/h8-12,14,17H,15H2,1-7H3;9-13,16-18H,1-8H3;/q-1;;/b;14-9-;. The molecule has 1 radical (unpaired) electrons. The van der Waals surface area contributed by atoms with Gasteiger partial charge in [0.2, 0.25) is 0 Å². The number of nitrogens with zero attached hydrogens (tertiary/aromatic N) is 3. The first kappa shape index (κ1) is 46.0. The first-order valence-corrected chi connectivity index (χ1v) is 20.4. The van der Waals surface area contributed by atoms with Crippen molar-refractivity contribution in [3.05, 3.63) is 82.9 Å². The van der Waals surface area contributed by atoms with Crippen molar-refractivity contribution in [1.29, 1.82) is 5.26 Å². The van der Waals surface area contributed by atoms with Crippen LogP contribution in [0.15, 0.2) is 54.6 Å². The van der Waals surface area contributed by atoms with Gasteiger partial charge in [-0.2, -0.15) is 5.26 Å². The molecule has 5 rings (SSSR count). The average Bonchev–Trinajstić information content (AvgIpc) is 3.43. The van der Waals surface area contributed by atoms with Gasteiger partial charge < -0.3 is 5.11 Å². The van der Waals surface area contributed by atoms with Crippen LogP contribution in [0.3, 0.4) is 0 Å². The van der Waals surface area contributed by atoms with Gasteiger partial charge in [-0.1, -0.05) is 132 Å². The van der Waals surface area contributed by atoms with E-state index in [1.807, 2.05) is 18.2 Å². The summed E-state index contributed by atoms with van der Waals surface area (Å²) in [6.07, 6.45) is 4.19. The first-order chi connectivity index (χ1) is 25.0. The molecule has 0 aliphatic carbocycles. The topological polar surface area (TPSA) is 86.9 Å². The van der Waals surface area contributed by atoms with E-state index in [1.165, 1.54) is 32.9 Å². The third kappa shape index (κ3) is 10.7. The number of carbonyl (C=O) groups excluding carboxylic acids is 1. The van der Waals surface area contributed by atoms with Crippen molar-refractivity contribution in [2.75, 3.05) is 0 Å². The van der Waals surface area contributed by atoms with E-state index < -0.39 is 0 Å². The summed E-state index contributed by atoms with van der Waals surface area (Å²) < 4.78 is 2.37. The fourth-order valence-electron chi connectivity index (χ4n) is 8.09. The minimum Gasteiger partial charge on any atom is -0.512 e. The normalized spacial score (nSPS) is 12.7. The zero-order valence-corrected chi connectivity index (χ0v) is 38.9. The van der Waals surface area contributed by atoms with Crippen LogP contribution in [0, 0.1) is 65.2 Å². The molecule has 0 saturated heterocycles. The van der Waals surface area contributed by atoms with Crippen molar-refractivity contribution < 1.29 is 30.0 Å². The molecular formula is C48H62IrN3O2S-. The van der Waals surface area contributed by atoms with Crippen molar-refractivity contribution in [1.82, 2.24) is 9.97 Å². The van der Waals surface area contributed by atoms with Gasteiger partial charge in [-0.05, 0) is 59.0 Å². The smallest absolute Gasteiger partial charge is 0.162 e. The number of allylic oxidation sites excluding steroid dienone is 2. The molecule has 0 atom stereocenters. The van der Waals surface area contributed by atoms with Crippen LogP contribution in [0.5, 0.6) is 0 Å². The predicted octanol–water partition coefficient (Wildman–Crippen LogP) is 13.4. The van der Waals surface area contributed by atoms with Gasteiger partial charge >= 0.3 is 0 Å². The van der Waals surface area contributed by atoms with Crippen LogP contribution in [0.2, 0.25) is 0 Å². The molecule has 0 bridgehead atoms. The quantitative estimate of drug-likeness (QED) is 0.0904. The third-order valence-electron chi connectivity index (χ3n) is 10.4. The second-order valence-corrected chi connectivity index (χ2v) is 19.7. The third-order valence-corrected chi connectivity index (χ3v) is 11.7. The van der Waals surface area contributed by atoms with Crippen LogP contribution < -0.4 is 0 Å². The molecule has 0 unspecified atom stereocenters. The molecule has 0 aliphatic heterocycles. The molecule has 0 amide bonds. The number of ketones is 1. The van der Waals surface area contributed by atoms with Gasteiger partial charge in [0, 0.05) is 64.1 Å². The number of aliphatic hydroxyl groups excluding tert-OH is 1. The van der Waals surface area contributed by atoms with Crippen LogP contribution in [-0.4, -0.2) is 20.9 Å². The van der Waals surface area contributed by atoms with Gasteiger partial charge in [0.1, 0.15) is 6.33 Å². The van der Waals surface area contributed by atoms with E-state index in [0.29, 0.717) is 29.2 Å². The summed E-state index contributed by atoms with van der Waals surface area (Å²) in [6.45, 7) is 32.3. The number of fused-ring (bicyclic) bond motifs is 4. The molecule has 5 nitrogen and oxygen atoms in total. The van der Waals surface area contributed by atoms with Crippen LogP contribution in [0.25, 0.3) is 42.3 Å². The number of hydrogen-bond acceptors (Lipinski definition) is 6. The zero-order chi connectivity index (χ0) is 40.4. The molecule has 7 heteroatoms. The van der Waals surface area contributed by atoms with Gasteiger partial charge in [-0.15, -0.1) is 40.5 Å². The fourth-order valence-corrected chi connectivity index (χ4v) is 9.37. The Balaban J connectivity index is 0.000000349. The van der Waals surface area contributed by atoms with Crippen LogP contribution in [0.1, 0.15) is 119 Å². The van der Waals surface area contributed by atoms with Crippen molar-refractivity contribution in [2.24, 2.45) is 40.9 Å². The fraction of sp³-hybridized carbons (Fsp3) is 0.500. The average molecular weight is 937 g/mol. The molecule has 0 fully saturated rings. The van der Waals surface area contributed by atoms with Gasteiger partial charge in [0.25, 0.3) is 0 Å². The molecule has 0 saturated carbocycles. The van der Waals surface area contributed by atoms with Gasteiger partial charge in [-0.3, -0.25) is 9.78 Å². The summed E-state index contributed by atoms with van der Waals surface area (Å²) in [6, 6.07) is 18.4. The van der Waals surface area contributed by atoms with E-state index in [2.05, 4.69) is 134 Å². The van der Waals surface area contributed by atoms with E-state index >= 15 is 0 Å². The SMILES string of the molecule is CC(C)C(C(=O)/C=C(\O)C(C(C)C)C(C)C)C(C)C.Cc1c(CC(C)(C)C)ccc2c1sc1c(-c3[c-]c4cc(C#N)ccc4c(C(C)(C)C)c3)ncnc12.[Ir]. The maximum atomic E-state index is 12.3. The Hall–Kier alpha value is -3.43. The Labute approximate surface area is 348 Å². The molecule has 55 heavy (non-hydrogen) atoms. The number of aliphatic hydroxyl groups is 1. The minimum atomic E-state index is -0.0684. The molecule has 2 heterocycles. The van der Waals surface area contributed by atoms with Crippen molar-refractivity contribution in [3.63, 3.8) is 0 Å². The summed E-state index contributed by atoms with van der Waals surface area (Å²) >= 11 is 1.78. The van der Waals surface area contributed by atoms with Crippen molar-refractivity contribution >= 4 is 48.2 Å². The minimum absolute atomic E-state index is 0. The summed E-state index contributed by atoms with van der Waals surface area (Å²) in [5, 5.41) is 23.0. The van der Waals surface area contributed by atoms with Gasteiger partial charge in [0.15, 0.2) is 5.78 Å². The molecule has 1 N–H and O–H groups in total. The number of thiophene rings is 1. The molecule has 0 aliphatic rings. The monoisotopic (exact) mass is 937 g/mol. The zero-order valence-electron chi connectivity index (χ0n) is 35.7. The molecule has 5 aromatic rings. The number of rotatable bonds is 9. The summed E-state index contributed by atoms with van der Waals surface area (Å²) in [4.78, 5) is 21.8. The number of aromatic nitrogens is 2. The van der Waals surface area contributed by atoms with E-state index in [-0.39, 0.29) is 54.3 Å². The molecule has 0 spiro atoms. The maximum absolute atomic E-state index is 12.3. The maximum Gasteiger partial charge on any atom is 0.162 e. The van der Waals surface area contributed by atoms with Crippen LogP contribution >= 0.6 is 11.3 Å². The Morgan fingerprint density at radius 3 is 1.96 bits per heavy atom. The molecule has 3 aromatic carbocycles. The number of benzene rings is 3. The number of carbonyl (C=O) groups is 1. The number of aryl methyl sites for hydroxylation is 1. The number of nitriles is 1. The van der Waals surface area contributed by atoms with E-state index in [4.69, 9.17) is 9.97 Å². The molecule has 297 valence electrons. The van der Waals surface area contributed by atoms with Crippen LogP contribution in [-0.2, 0) is 36.7 Å². The molecular weight excluding hydrogens is 875 g/mol. The Kier molecular flexibility index (Phi) is 15.2. The molecule has 2 aromatic heterocycles. The van der Waals surface area contributed by atoms with E-state index in [1.54, 1.807) is 17.7 Å². The van der Waals surface area contributed by atoms with Gasteiger partial charge in [0.05, 0.1) is 17.3 Å². The Bertz CT molecular complexity index is 2190. The first-order valence-electron chi connectivity index (χ1n) is 19.6. The van der Waals surface area contributed by atoms with E-state index in [9.17, 15) is 15.2 Å². The van der Waals surface area contributed by atoms with Crippen LogP contribution in [0.4, 0.5) is 0 Å². The summed E-state index contributed by atoms with van der Waals surface area (Å²) in [7, 11) is 0. The second kappa shape index (κ2) is 18.2. The summed E-state index contributed by atoms with van der Waals surface area (Å²) in [5.74, 6) is 1.63. The largest absolute Gasteiger partial charge is 0.512 e. The second-order valence-electron chi connectivity index (χ2n) is 18.7. The van der Waals surface area contributed by atoms with E-state index in [0.717, 1.165) is 38.7 Å². The van der Waals surface area contributed by atoms with Crippen molar-refractivity contribution in [3.8, 4) is 17.3 Å². The Morgan fingerprint density at radius 1 is 0.855 bits per heavy atom. The number of hydrogen-bond donors (Lipinski definition) is 1. The summed E-state index contributed by atoms with van der Waals surface area (Å²) in [5.41, 5.74) is 7.60.